The Morgan fingerprint density at radius 3 is 2.64 bits per heavy atom. The lowest BCUT2D eigenvalue weighted by Crippen LogP contribution is -2.44. The molecule has 2 aromatic rings. The zero-order valence-electron chi connectivity index (χ0n) is 19.3. The van der Waals surface area contributed by atoms with Gasteiger partial charge in [-0.3, -0.25) is 9.59 Å². The molecule has 0 bridgehead atoms. The number of rotatable bonds is 3. The maximum absolute atomic E-state index is 11.5. The van der Waals surface area contributed by atoms with Gasteiger partial charge in [0.1, 0.15) is 6.29 Å². The van der Waals surface area contributed by atoms with Gasteiger partial charge in [-0.2, -0.15) is 0 Å². The van der Waals surface area contributed by atoms with E-state index >= 15 is 0 Å². The second kappa shape index (κ2) is 9.24. The van der Waals surface area contributed by atoms with Crippen LogP contribution >= 0.6 is 0 Å². The van der Waals surface area contributed by atoms with Gasteiger partial charge < -0.3 is 15.9 Å². The molecule has 0 radical (unpaired) electrons. The van der Waals surface area contributed by atoms with Gasteiger partial charge in [-0.05, 0) is 90.3 Å². The Hall–Kier alpha value is -2.76. The Morgan fingerprint density at radius 1 is 1.12 bits per heavy atom. The van der Waals surface area contributed by atoms with Crippen molar-refractivity contribution in [2.24, 2.45) is 23.0 Å². The highest BCUT2D eigenvalue weighted by Crippen LogP contribution is 2.62. The van der Waals surface area contributed by atoms with E-state index in [4.69, 9.17) is 10.8 Å². The first-order valence-corrected chi connectivity index (χ1v) is 11.7. The van der Waals surface area contributed by atoms with Gasteiger partial charge in [0.05, 0.1) is 6.10 Å². The third-order valence-electron chi connectivity index (χ3n) is 8.28. The molecule has 0 aromatic heterocycles. The summed E-state index contributed by atoms with van der Waals surface area (Å²) in [7, 11) is 1.00. The van der Waals surface area contributed by atoms with Gasteiger partial charge in [-0.1, -0.05) is 37.3 Å². The van der Waals surface area contributed by atoms with Gasteiger partial charge in [0.2, 0.25) is 5.91 Å². The van der Waals surface area contributed by atoms with E-state index in [-0.39, 0.29) is 5.41 Å². The molecular formula is C28H33NO4. The summed E-state index contributed by atoms with van der Waals surface area (Å²) in [5.74, 6) is 1.05. The summed E-state index contributed by atoms with van der Waals surface area (Å²) in [5, 5.41) is 18.3. The van der Waals surface area contributed by atoms with Gasteiger partial charge in [0.25, 0.3) is 0 Å². The number of aldehydes is 1. The van der Waals surface area contributed by atoms with Crippen molar-refractivity contribution in [2.75, 3.05) is 7.11 Å². The quantitative estimate of drug-likeness (QED) is 0.616. The number of nitrogens with two attached hydrogens (primary N) is 1. The highest BCUT2D eigenvalue weighted by molar-refractivity contribution is 5.93. The summed E-state index contributed by atoms with van der Waals surface area (Å²) in [5.41, 5.74) is 11.3. The number of primary amides is 1. The van der Waals surface area contributed by atoms with E-state index in [9.17, 15) is 14.7 Å². The van der Waals surface area contributed by atoms with Crippen molar-refractivity contribution in [3.63, 3.8) is 0 Å². The van der Waals surface area contributed by atoms with Crippen LogP contribution in [0, 0.1) is 17.3 Å². The molecule has 0 aliphatic heterocycles. The van der Waals surface area contributed by atoms with E-state index in [0.717, 1.165) is 62.2 Å². The number of fused-ring (bicyclic) bond motifs is 5. The summed E-state index contributed by atoms with van der Waals surface area (Å²) in [4.78, 5) is 22.7. The molecule has 3 aliphatic rings. The van der Waals surface area contributed by atoms with Crippen LogP contribution in [0.4, 0.5) is 0 Å². The van der Waals surface area contributed by atoms with Gasteiger partial charge in [0.15, 0.2) is 0 Å². The van der Waals surface area contributed by atoms with Crippen LogP contribution in [-0.2, 0) is 6.42 Å². The van der Waals surface area contributed by atoms with Crippen LogP contribution < -0.4 is 5.73 Å². The average molecular weight is 448 g/mol. The highest BCUT2D eigenvalue weighted by atomic mass is 16.3. The topological polar surface area (TPSA) is 101 Å². The van der Waals surface area contributed by atoms with Gasteiger partial charge in [-0.15, -0.1) is 0 Å². The molecule has 2 saturated carbocycles. The number of hydrogen-bond donors (Lipinski definition) is 3. The fourth-order valence-corrected chi connectivity index (χ4v) is 6.67. The van der Waals surface area contributed by atoms with E-state index in [1.165, 1.54) is 11.1 Å². The lowest BCUT2D eigenvalue weighted by molar-refractivity contribution is -0.0158. The Balaban J connectivity index is 0.00000126. The predicted octanol–water partition coefficient (Wildman–Crippen LogP) is 4.12. The normalized spacial score (nSPS) is 31.0. The molecule has 174 valence electrons. The second-order valence-corrected chi connectivity index (χ2v) is 9.85. The SMILES string of the molecule is CC12CCC3c4ccc(C=O)cc4CCC3C1C/C(=C\c1cccc(C(N)=O)c1)C2O.CO. The van der Waals surface area contributed by atoms with Crippen LogP contribution in [0.5, 0.6) is 0 Å². The molecule has 33 heavy (non-hydrogen) atoms. The van der Waals surface area contributed by atoms with Crippen molar-refractivity contribution >= 4 is 18.3 Å². The van der Waals surface area contributed by atoms with Crippen LogP contribution in [0.15, 0.2) is 48.0 Å². The molecule has 2 fully saturated rings. The van der Waals surface area contributed by atoms with Crippen LogP contribution in [0.25, 0.3) is 6.08 Å². The number of amides is 1. The Bertz CT molecular complexity index is 1090. The largest absolute Gasteiger partial charge is 0.400 e. The molecule has 0 spiro atoms. The standard InChI is InChI=1S/C27H29NO3.CH4O/c1-27-10-9-22-21-7-5-17(15-29)13-18(21)6-8-23(22)24(27)14-20(25(27)30)12-16-3-2-4-19(11-16)26(28)31;1-2/h2-5,7,11-13,15,22-25,30H,6,8-10,14H2,1H3,(H2,28,31);2H,1H3/b20-12+;. The van der Waals surface area contributed by atoms with Gasteiger partial charge in [0, 0.05) is 23.7 Å². The van der Waals surface area contributed by atoms with E-state index in [1.807, 2.05) is 18.2 Å². The first kappa shape index (κ1) is 23.4. The molecule has 1 amide bonds. The summed E-state index contributed by atoms with van der Waals surface area (Å²) >= 11 is 0. The van der Waals surface area contributed by atoms with Crippen molar-refractivity contribution in [1.82, 2.24) is 0 Å². The molecule has 5 rings (SSSR count). The van der Waals surface area contributed by atoms with Crippen molar-refractivity contribution in [1.29, 1.82) is 0 Å². The van der Waals surface area contributed by atoms with Crippen molar-refractivity contribution in [2.45, 2.75) is 51.0 Å². The Kier molecular flexibility index (Phi) is 6.55. The average Bonchev–Trinajstić information content (AvgIpc) is 3.10. The molecule has 3 aliphatic carbocycles. The molecular weight excluding hydrogens is 414 g/mol. The smallest absolute Gasteiger partial charge is 0.248 e. The molecule has 5 heteroatoms. The van der Waals surface area contributed by atoms with E-state index in [2.05, 4.69) is 25.1 Å². The predicted molar refractivity (Wildman–Crippen MR) is 129 cm³/mol. The number of carbonyl (C=O) groups is 2. The summed E-state index contributed by atoms with van der Waals surface area (Å²) in [6.45, 7) is 2.25. The fraction of sp³-hybridized carbons (Fsp3) is 0.429. The first-order chi connectivity index (χ1) is 15.9. The monoisotopic (exact) mass is 447 g/mol. The Morgan fingerprint density at radius 2 is 1.91 bits per heavy atom. The van der Waals surface area contributed by atoms with Crippen LogP contribution in [0.1, 0.15) is 75.9 Å². The number of aryl methyl sites for hydroxylation is 1. The molecule has 0 saturated heterocycles. The molecule has 0 heterocycles. The van der Waals surface area contributed by atoms with Crippen LogP contribution in [0.2, 0.25) is 0 Å². The molecule has 4 N–H and O–H groups in total. The summed E-state index contributed by atoms with van der Waals surface area (Å²) < 4.78 is 0. The Labute approximate surface area is 195 Å². The molecule has 5 nitrogen and oxygen atoms in total. The minimum absolute atomic E-state index is 0.117. The molecule has 2 aromatic carbocycles. The maximum Gasteiger partial charge on any atom is 0.248 e. The van der Waals surface area contributed by atoms with Gasteiger partial charge >= 0.3 is 0 Å². The minimum Gasteiger partial charge on any atom is -0.400 e. The maximum atomic E-state index is 11.5. The summed E-state index contributed by atoms with van der Waals surface area (Å²) in [6.07, 6.45) is 7.60. The first-order valence-electron chi connectivity index (χ1n) is 11.7. The van der Waals surface area contributed by atoms with Crippen molar-refractivity contribution in [3.8, 4) is 0 Å². The third kappa shape index (κ3) is 4.04. The van der Waals surface area contributed by atoms with Crippen LogP contribution in [-0.4, -0.2) is 35.6 Å². The zero-order chi connectivity index (χ0) is 23.8. The molecule has 5 unspecified atom stereocenters. The number of aliphatic hydroxyl groups excluding tert-OH is 2. The fourth-order valence-electron chi connectivity index (χ4n) is 6.67. The number of aliphatic hydroxyl groups is 2. The number of benzene rings is 2. The van der Waals surface area contributed by atoms with Crippen molar-refractivity contribution in [3.05, 3.63) is 75.9 Å². The lowest BCUT2D eigenvalue weighted by atomic mass is 9.55. The van der Waals surface area contributed by atoms with E-state index < -0.39 is 12.0 Å². The number of carbonyl (C=O) groups excluding carboxylic acids is 2. The lowest BCUT2D eigenvalue weighted by Gasteiger charge is -2.49. The highest BCUT2D eigenvalue weighted by Gasteiger charge is 2.56. The summed E-state index contributed by atoms with van der Waals surface area (Å²) in [6, 6.07) is 13.5. The van der Waals surface area contributed by atoms with Gasteiger partial charge in [-0.25, -0.2) is 0 Å². The molecule has 5 atom stereocenters. The second-order valence-electron chi connectivity index (χ2n) is 9.85. The zero-order valence-corrected chi connectivity index (χ0v) is 19.3. The number of hydrogen-bond acceptors (Lipinski definition) is 4. The third-order valence-corrected chi connectivity index (χ3v) is 8.28. The van der Waals surface area contributed by atoms with Crippen LogP contribution in [0.3, 0.4) is 0 Å². The van der Waals surface area contributed by atoms with Crippen molar-refractivity contribution < 1.29 is 19.8 Å². The van der Waals surface area contributed by atoms with E-state index in [0.29, 0.717) is 23.3 Å². The minimum atomic E-state index is -0.463. The van der Waals surface area contributed by atoms with E-state index in [1.54, 1.807) is 12.1 Å².